The predicted octanol–water partition coefficient (Wildman–Crippen LogP) is 5.24. The van der Waals surface area contributed by atoms with Gasteiger partial charge in [0.2, 0.25) is 5.88 Å². The largest absolute Gasteiger partial charge is 0.453 e. The summed E-state index contributed by atoms with van der Waals surface area (Å²) in [5.41, 5.74) is 0.0462. The third-order valence-electron chi connectivity index (χ3n) is 3.45. The van der Waals surface area contributed by atoms with E-state index >= 15 is 0 Å². The number of halogens is 4. The van der Waals surface area contributed by atoms with Crippen LogP contribution in [0.2, 0.25) is 5.02 Å². The van der Waals surface area contributed by atoms with Crippen LogP contribution in [0.1, 0.15) is 32.3 Å². The van der Waals surface area contributed by atoms with E-state index in [9.17, 15) is 18.0 Å². The first kappa shape index (κ1) is 21.6. The van der Waals surface area contributed by atoms with Crippen molar-refractivity contribution in [3.63, 3.8) is 0 Å². The summed E-state index contributed by atoms with van der Waals surface area (Å²) >= 11 is 6.21. The maximum atomic E-state index is 12.9. The molecule has 0 aliphatic carbocycles. The average Bonchev–Trinajstić information content (AvgIpc) is 2.99. The zero-order chi connectivity index (χ0) is 22.3. The SMILES string of the molecule is Cc1cc(Oc2ccc(NC(=O)OC(C)(C)C)cc2Cl)n2nc(C(F)(F)F)nc2n1. The molecule has 0 unspecified atom stereocenters. The fourth-order valence-corrected chi connectivity index (χ4v) is 2.56. The highest BCUT2D eigenvalue weighted by Gasteiger charge is 2.37. The zero-order valence-electron chi connectivity index (χ0n) is 16.3. The van der Waals surface area contributed by atoms with E-state index < -0.39 is 23.7 Å². The molecule has 1 N–H and O–H groups in total. The number of fused-ring (bicyclic) bond motifs is 1. The van der Waals surface area contributed by atoms with Crippen LogP contribution in [0.4, 0.5) is 23.7 Å². The lowest BCUT2D eigenvalue weighted by molar-refractivity contribution is -0.144. The van der Waals surface area contributed by atoms with E-state index in [1.165, 1.54) is 24.3 Å². The van der Waals surface area contributed by atoms with Crippen molar-refractivity contribution in [2.75, 3.05) is 5.32 Å². The van der Waals surface area contributed by atoms with Gasteiger partial charge in [0, 0.05) is 17.4 Å². The van der Waals surface area contributed by atoms with Crippen molar-refractivity contribution < 1.29 is 27.4 Å². The first-order chi connectivity index (χ1) is 13.8. The highest BCUT2D eigenvalue weighted by molar-refractivity contribution is 6.32. The summed E-state index contributed by atoms with van der Waals surface area (Å²) < 4.78 is 50.4. The van der Waals surface area contributed by atoms with Gasteiger partial charge in [-0.05, 0) is 45.9 Å². The van der Waals surface area contributed by atoms with Crippen molar-refractivity contribution in [2.45, 2.75) is 39.5 Å². The van der Waals surface area contributed by atoms with E-state index in [2.05, 4.69) is 20.4 Å². The summed E-state index contributed by atoms with van der Waals surface area (Å²) in [5.74, 6) is -1.54. The Morgan fingerprint density at radius 1 is 1.17 bits per heavy atom. The maximum Gasteiger partial charge on any atom is 0.453 e. The van der Waals surface area contributed by atoms with Crippen LogP contribution in [0.15, 0.2) is 24.3 Å². The molecule has 2 aromatic heterocycles. The first-order valence-electron chi connectivity index (χ1n) is 8.61. The molecule has 0 saturated heterocycles. The molecule has 8 nitrogen and oxygen atoms in total. The lowest BCUT2D eigenvalue weighted by Crippen LogP contribution is -2.27. The molecule has 0 saturated carbocycles. The number of aryl methyl sites for hydroxylation is 1. The number of nitrogens with one attached hydrogen (secondary N) is 1. The number of hydrogen-bond acceptors (Lipinski definition) is 6. The van der Waals surface area contributed by atoms with E-state index in [0.717, 1.165) is 4.52 Å². The van der Waals surface area contributed by atoms with Crippen molar-refractivity contribution in [1.29, 1.82) is 0 Å². The quantitative estimate of drug-likeness (QED) is 0.595. The minimum Gasteiger partial charge on any atom is -0.444 e. The van der Waals surface area contributed by atoms with E-state index in [-0.39, 0.29) is 22.4 Å². The van der Waals surface area contributed by atoms with Gasteiger partial charge in [0.25, 0.3) is 11.6 Å². The normalized spacial score (nSPS) is 12.1. The van der Waals surface area contributed by atoms with Crippen LogP contribution in [0.3, 0.4) is 0 Å². The Morgan fingerprint density at radius 2 is 1.87 bits per heavy atom. The minimum atomic E-state index is -4.73. The van der Waals surface area contributed by atoms with E-state index in [4.69, 9.17) is 21.1 Å². The standard InChI is InChI=1S/C18H17ClF3N5O3/c1-9-7-13(27-15(23-9)25-14(26-27)18(20,21)22)29-12-6-5-10(8-11(12)19)24-16(28)30-17(2,3)4/h5-8H,1-4H3,(H,24,28). The third-order valence-corrected chi connectivity index (χ3v) is 3.75. The number of carbonyl (C=O) groups is 1. The van der Waals surface area contributed by atoms with Gasteiger partial charge < -0.3 is 9.47 Å². The molecule has 3 aromatic rings. The number of nitrogens with zero attached hydrogens (tertiary/aromatic N) is 4. The molecule has 0 radical (unpaired) electrons. The summed E-state index contributed by atoms with van der Waals surface area (Å²) in [5, 5.41) is 6.04. The van der Waals surface area contributed by atoms with Crippen molar-refractivity contribution in [1.82, 2.24) is 19.6 Å². The second-order valence-electron chi connectivity index (χ2n) is 7.25. The Balaban J connectivity index is 1.87. The van der Waals surface area contributed by atoms with Gasteiger partial charge in [-0.2, -0.15) is 22.7 Å². The monoisotopic (exact) mass is 443 g/mol. The van der Waals surface area contributed by atoms with Gasteiger partial charge in [-0.1, -0.05) is 11.6 Å². The molecule has 30 heavy (non-hydrogen) atoms. The highest BCUT2D eigenvalue weighted by atomic mass is 35.5. The lowest BCUT2D eigenvalue weighted by atomic mass is 10.2. The van der Waals surface area contributed by atoms with Crippen molar-refractivity contribution in [2.24, 2.45) is 0 Å². The Morgan fingerprint density at radius 3 is 2.47 bits per heavy atom. The third kappa shape index (κ3) is 5.09. The van der Waals surface area contributed by atoms with Crippen LogP contribution in [-0.4, -0.2) is 31.3 Å². The number of hydrogen-bond donors (Lipinski definition) is 1. The Kier molecular flexibility index (Phi) is 5.50. The van der Waals surface area contributed by atoms with Crippen molar-refractivity contribution in [3.05, 3.63) is 40.8 Å². The Labute approximate surface area is 174 Å². The first-order valence-corrected chi connectivity index (χ1v) is 8.99. The van der Waals surface area contributed by atoms with Crippen LogP contribution in [-0.2, 0) is 10.9 Å². The smallest absolute Gasteiger partial charge is 0.444 e. The Hall–Kier alpha value is -3.08. The van der Waals surface area contributed by atoms with Gasteiger partial charge in [-0.25, -0.2) is 9.78 Å². The number of benzene rings is 1. The van der Waals surface area contributed by atoms with Gasteiger partial charge in [-0.15, -0.1) is 5.10 Å². The number of amides is 1. The molecule has 3 rings (SSSR count). The zero-order valence-corrected chi connectivity index (χ0v) is 17.1. The van der Waals surface area contributed by atoms with Gasteiger partial charge in [0.15, 0.2) is 0 Å². The molecule has 0 aliphatic heterocycles. The summed E-state index contributed by atoms with van der Waals surface area (Å²) in [6, 6.07) is 5.75. The summed E-state index contributed by atoms with van der Waals surface area (Å²) in [6.45, 7) is 6.75. The van der Waals surface area contributed by atoms with Gasteiger partial charge in [0.05, 0.1) is 5.02 Å². The number of aromatic nitrogens is 4. The summed E-state index contributed by atoms with van der Waals surface area (Å²) in [4.78, 5) is 19.2. The predicted molar refractivity (Wildman–Crippen MR) is 102 cm³/mol. The molecule has 1 amide bonds. The lowest BCUT2D eigenvalue weighted by Gasteiger charge is -2.19. The molecule has 0 spiro atoms. The average molecular weight is 444 g/mol. The van der Waals surface area contributed by atoms with Gasteiger partial charge >= 0.3 is 12.3 Å². The van der Waals surface area contributed by atoms with E-state index in [1.807, 2.05) is 0 Å². The minimum absolute atomic E-state index is 0.0600. The number of rotatable bonds is 3. The fourth-order valence-electron chi connectivity index (χ4n) is 2.34. The van der Waals surface area contributed by atoms with Crippen LogP contribution in [0.25, 0.3) is 5.78 Å². The number of anilines is 1. The topological polar surface area (TPSA) is 90.6 Å². The summed E-state index contributed by atoms with van der Waals surface area (Å²) in [6.07, 6.45) is -5.40. The van der Waals surface area contributed by atoms with E-state index in [1.54, 1.807) is 27.7 Å². The number of carbonyl (C=O) groups excluding carboxylic acids is 1. The highest BCUT2D eigenvalue weighted by Crippen LogP contribution is 2.33. The molecule has 2 heterocycles. The van der Waals surface area contributed by atoms with Crippen molar-refractivity contribution >= 4 is 29.2 Å². The molecule has 0 fully saturated rings. The molecule has 1 aromatic carbocycles. The second kappa shape index (κ2) is 7.63. The molecule has 12 heteroatoms. The van der Waals surface area contributed by atoms with Crippen LogP contribution >= 0.6 is 11.6 Å². The molecule has 0 bridgehead atoms. The van der Waals surface area contributed by atoms with Crippen molar-refractivity contribution in [3.8, 4) is 11.6 Å². The Bertz CT molecular complexity index is 1110. The van der Waals surface area contributed by atoms with Crippen LogP contribution in [0, 0.1) is 6.92 Å². The van der Waals surface area contributed by atoms with E-state index in [0.29, 0.717) is 11.4 Å². The molecule has 160 valence electrons. The molecule has 0 aliphatic rings. The molecule has 0 atom stereocenters. The molecular weight excluding hydrogens is 427 g/mol. The second-order valence-corrected chi connectivity index (χ2v) is 7.66. The summed E-state index contributed by atoms with van der Waals surface area (Å²) in [7, 11) is 0. The van der Waals surface area contributed by atoms with Crippen LogP contribution < -0.4 is 10.1 Å². The maximum absolute atomic E-state index is 12.9. The fraction of sp³-hybridized carbons (Fsp3) is 0.333. The van der Waals surface area contributed by atoms with Gasteiger partial charge in [-0.3, -0.25) is 5.32 Å². The number of ether oxygens (including phenoxy) is 2. The number of alkyl halides is 3. The van der Waals surface area contributed by atoms with Gasteiger partial charge in [0.1, 0.15) is 11.4 Å². The van der Waals surface area contributed by atoms with Crippen LogP contribution in [0.5, 0.6) is 11.6 Å². The molecular formula is C18H17ClF3N5O3.